The van der Waals surface area contributed by atoms with E-state index in [-0.39, 0.29) is 11.4 Å². The second kappa shape index (κ2) is 5.82. The van der Waals surface area contributed by atoms with Crippen LogP contribution in [0, 0.1) is 5.41 Å². The van der Waals surface area contributed by atoms with Gasteiger partial charge in [0, 0.05) is 6.04 Å². The van der Waals surface area contributed by atoms with Gasteiger partial charge in [-0.15, -0.1) is 0 Å². The van der Waals surface area contributed by atoms with Gasteiger partial charge in [-0.05, 0) is 37.5 Å². The monoisotopic (exact) mass is 267 g/mol. The van der Waals surface area contributed by atoms with Crippen LogP contribution >= 0.6 is 0 Å². The molecule has 19 heavy (non-hydrogen) atoms. The fourth-order valence-electron chi connectivity index (χ4n) is 4.05. The van der Waals surface area contributed by atoms with E-state index in [2.05, 4.69) is 19.2 Å². The van der Waals surface area contributed by atoms with Crippen LogP contribution in [0.3, 0.4) is 0 Å². The van der Waals surface area contributed by atoms with E-state index >= 15 is 0 Å². The number of hydrogen-bond acceptors (Lipinski definition) is 3. The van der Waals surface area contributed by atoms with Crippen LogP contribution in [-0.2, 0) is 9.53 Å². The van der Waals surface area contributed by atoms with E-state index in [1.807, 2.05) is 0 Å². The van der Waals surface area contributed by atoms with Crippen molar-refractivity contribution in [2.75, 3.05) is 7.11 Å². The Morgan fingerprint density at radius 2 is 1.79 bits per heavy atom. The molecule has 0 saturated heterocycles. The third kappa shape index (κ3) is 3.50. The molecule has 3 nitrogen and oxygen atoms in total. The smallest absolute Gasteiger partial charge is 0.326 e. The molecular weight excluding hydrogens is 238 g/mol. The van der Waals surface area contributed by atoms with Crippen LogP contribution in [0.4, 0.5) is 0 Å². The third-order valence-corrected chi connectivity index (χ3v) is 4.90. The summed E-state index contributed by atoms with van der Waals surface area (Å²) in [4.78, 5) is 12.4. The van der Waals surface area contributed by atoms with Crippen molar-refractivity contribution >= 4 is 5.97 Å². The van der Waals surface area contributed by atoms with E-state index in [9.17, 15) is 4.79 Å². The van der Waals surface area contributed by atoms with Gasteiger partial charge in [0.2, 0.25) is 0 Å². The van der Waals surface area contributed by atoms with Crippen molar-refractivity contribution in [2.45, 2.75) is 83.2 Å². The van der Waals surface area contributed by atoms with Crippen molar-refractivity contribution in [1.29, 1.82) is 0 Å². The summed E-state index contributed by atoms with van der Waals surface area (Å²) in [6.45, 7) is 4.54. The van der Waals surface area contributed by atoms with E-state index in [0.717, 1.165) is 19.3 Å². The van der Waals surface area contributed by atoms with Crippen LogP contribution in [0.2, 0.25) is 0 Å². The van der Waals surface area contributed by atoms with Crippen LogP contribution in [0.25, 0.3) is 0 Å². The Morgan fingerprint density at radius 3 is 2.37 bits per heavy atom. The van der Waals surface area contributed by atoms with Crippen LogP contribution < -0.4 is 5.32 Å². The molecule has 2 rings (SSSR count). The molecule has 0 aromatic heterocycles. The zero-order chi connectivity index (χ0) is 13.9. The van der Waals surface area contributed by atoms with Crippen LogP contribution in [0.1, 0.15) is 71.6 Å². The summed E-state index contributed by atoms with van der Waals surface area (Å²) in [5, 5.41) is 3.70. The molecular formula is C16H29NO2. The van der Waals surface area contributed by atoms with Gasteiger partial charge in [0.25, 0.3) is 0 Å². The molecule has 3 heteroatoms. The minimum absolute atomic E-state index is 0.0501. The van der Waals surface area contributed by atoms with Gasteiger partial charge in [0.15, 0.2) is 0 Å². The van der Waals surface area contributed by atoms with E-state index in [0.29, 0.717) is 6.04 Å². The van der Waals surface area contributed by atoms with Gasteiger partial charge >= 0.3 is 5.97 Å². The highest BCUT2D eigenvalue weighted by Crippen LogP contribution is 2.42. The van der Waals surface area contributed by atoms with Crippen molar-refractivity contribution in [3.63, 3.8) is 0 Å². The lowest BCUT2D eigenvalue weighted by atomic mass is 9.67. The number of methoxy groups -OCH3 is 1. The molecule has 0 aromatic carbocycles. The molecule has 0 aromatic rings. The molecule has 110 valence electrons. The first-order chi connectivity index (χ1) is 8.97. The molecule has 0 heterocycles. The van der Waals surface area contributed by atoms with Crippen LogP contribution in [0.5, 0.6) is 0 Å². The Labute approximate surface area is 117 Å². The van der Waals surface area contributed by atoms with Crippen LogP contribution in [-0.4, -0.2) is 24.7 Å². The molecule has 0 spiro atoms. The fraction of sp³-hybridized carbons (Fsp3) is 0.938. The van der Waals surface area contributed by atoms with Crippen molar-refractivity contribution < 1.29 is 9.53 Å². The zero-order valence-electron chi connectivity index (χ0n) is 12.8. The lowest BCUT2D eigenvalue weighted by Crippen LogP contribution is -2.60. The van der Waals surface area contributed by atoms with Crippen molar-refractivity contribution in [2.24, 2.45) is 5.41 Å². The molecule has 1 N–H and O–H groups in total. The summed E-state index contributed by atoms with van der Waals surface area (Å²) < 4.78 is 5.13. The number of ether oxygens (including phenoxy) is 1. The first-order valence-electron chi connectivity index (χ1n) is 7.84. The first kappa shape index (κ1) is 14.8. The maximum Gasteiger partial charge on any atom is 0.326 e. The maximum atomic E-state index is 12.4. The Kier molecular flexibility index (Phi) is 4.54. The Morgan fingerprint density at radius 1 is 1.11 bits per heavy atom. The molecule has 2 fully saturated rings. The molecule has 0 aliphatic heterocycles. The van der Waals surface area contributed by atoms with Gasteiger partial charge in [0.1, 0.15) is 5.54 Å². The summed E-state index contributed by atoms with van der Waals surface area (Å²) >= 11 is 0. The second-order valence-corrected chi connectivity index (χ2v) is 7.25. The minimum atomic E-state index is -0.432. The lowest BCUT2D eigenvalue weighted by molar-refractivity contribution is -0.152. The predicted molar refractivity (Wildman–Crippen MR) is 77.0 cm³/mol. The van der Waals surface area contributed by atoms with E-state index < -0.39 is 5.54 Å². The third-order valence-electron chi connectivity index (χ3n) is 4.90. The van der Waals surface area contributed by atoms with Crippen molar-refractivity contribution in [3.8, 4) is 0 Å². The number of rotatable bonds is 3. The van der Waals surface area contributed by atoms with E-state index in [4.69, 9.17) is 4.74 Å². The quantitative estimate of drug-likeness (QED) is 0.796. The summed E-state index contributed by atoms with van der Waals surface area (Å²) in [6.07, 6.45) is 10.5. The molecule has 2 saturated carbocycles. The fourth-order valence-corrected chi connectivity index (χ4v) is 4.05. The highest BCUT2D eigenvalue weighted by molar-refractivity contribution is 5.81. The number of esters is 1. The van der Waals surface area contributed by atoms with E-state index in [1.165, 1.54) is 45.6 Å². The summed E-state index contributed by atoms with van der Waals surface area (Å²) in [5.41, 5.74) is -0.202. The second-order valence-electron chi connectivity index (χ2n) is 7.25. The standard InChI is InChI=1S/C16H29NO2/c1-15(2)10-7-11-16(12-15,14(18)19-3)17-13-8-5-4-6-9-13/h13,17H,4-12H2,1-3H3. The largest absolute Gasteiger partial charge is 0.468 e. The van der Waals surface area contributed by atoms with Gasteiger partial charge < -0.3 is 4.74 Å². The number of nitrogens with one attached hydrogen (secondary N) is 1. The van der Waals surface area contributed by atoms with Gasteiger partial charge in [0.05, 0.1) is 7.11 Å². The first-order valence-corrected chi connectivity index (χ1v) is 7.84. The predicted octanol–water partition coefficient (Wildman–Crippen LogP) is 3.42. The Balaban J connectivity index is 2.12. The van der Waals surface area contributed by atoms with Gasteiger partial charge in [-0.25, -0.2) is 0 Å². The van der Waals surface area contributed by atoms with Crippen molar-refractivity contribution in [3.05, 3.63) is 0 Å². The topological polar surface area (TPSA) is 38.3 Å². The van der Waals surface area contributed by atoms with Gasteiger partial charge in [-0.2, -0.15) is 0 Å². The average molecular weight is 267 g/mol. The molecule has 0 amide bonds. The van der Waals surface area contributed by atoms with Crippen LogP contribution in [0.15, 0.2) is 0 Å². The van der Waals surface area contributed by atoms with E-state index in [1.54, 1.807) is 0 Å². The number of hydrogen-bond donors (Lipinski definition) is 1. The SMILES string of the molecule is COC(=O)C1(NC2CCCCC2)CCCC(C)(C)C1. The number of carbonyl (C=O) groups excluding carboxylic acids is 1. The minimum Gasteiger partial charge on any atom is -0.468 e. The Bertz CT molecular complexity index is 321. The Hall–Kier alpha value is -0.570. The molecule has 2 aliphatic carbocycles. The van der Waals surface area contributed by atoms with Gasteiger partial charge in [-0.1, -0.05) is 39.5 Å². The highest BCUT2D eigenvalue weighted by atomic mass is 16.5. The molecule has 1 atom stereocenters. The molecule has 0 bridgehead atoms. The molecule has 1 unspecified atom stereocenters. The average Bonchev–Trinajstić information content (AvgIpc) is 2.37. The summed E-state index contributed by atoms with van der Waals surface area (Å²) in [6, 6.07) is 0.502. The molecule has 0 radical (unpaired) electrons. The molecule has 2 aliphatic rings. The zero-order valence-corrected chi connectivity index (χ0v) is 12.8. The number of carbonyl (C=O) groups is 1. The summed E-state index contributed by atoms with van der Waals surface area (Å²) in [7, 11) is 1.52. The van der Waals surface area contributed by atoms with Gasteiger partial charge in [-0.3, -0.25) is 10.1 Å². The normalized spacial score (nSPS) is 31.9. The summed E-state index contributed by atoms with van der Waals surface area (Å²) in [5.74, 6) is -0.0501. The highest BCUT2D eigenvalue weighted by Gasteiger charge is 2.47. The lowest BCUT2D eigenvalue weighted by Gasteiger charge is -2.45. The van der Waals surface area contributed by atoms with Crippen molar-refractivity contribution in [1.82, 2.24) is 5.32 Å². The maximum absolute atomic E-state index is 12.4.